The smallest absolute Gasteiger partial charge is 0.321 e. The topological polar surface area (TPSA) is 46.5 Å². The van der Waals surface area contributed by atoms with Gasteiger partial charge in [-0.25, -0.2) is 0 Å². The van der Waals surface area contributed by atoms with Crippen molar-refractivity contribution in [3.63, 3.8) is 0 Å². The predicted molar refractivity (Wildman–Crippen MR) is 82.1 cm³/mol. The Morgan fingerprint density at radius 3 is 1.70 bits per heavy atom. The van der Waals surface area contributed by atoms with Crippen molar-refractivity contribution in [1.82, 2.24) is 0 Å². The second kappa shape index (κ2) is 7.26. The Kier molecular flexibility index (Phi) is 5.75. The number of hydrogen-bond donors (Lipinski definition) is 1. The van der Waals surface area contributed by atoms with Gasteiger partial charge in [0, 0.05) is 0 Å². The number of alkyl halides is 7. The molecule has 3 nitrogen and oxygen atoms in total. The Bertz CT molecular complexity index is 810. The van der Waals surface area contributed by atoms with E-state index in [2.05, 4.69) is 4.52 Å². The number of benzene rings is 2. The largest absolute Gasteiger partial charge is 0.459 e. The summed E-state index contributed by atoms with van der Waals surface area (Å²) in [6.07, 6.45) is -9.95. The van der Waals surface area contributed by atoms with E-state index in [-0.39, 0.29) is 0 Å². The highest BCUT2D eigenvalue weighted by Crippen LogP contribution is 2.57. The van der Waals surface area contributed by atoms with Crippen LogP contribution in [0.3, 0.4) is 0 Å². The maximum atomic E-state index is 14.3. The Morgan fingerprint density at radius 2 is 1.26 bits per heavy atom. The summed E-state index contributed by atoms with van der Waals surface area (Å²) >= 11 is 0. The lowest BCUT2D eigenvalue weighted by molar-refractivity contribution is -0.370. The van der Waals surface area contributed by atoms with Gasteiger partial charge in [0.05, 0.1) is 5.30 Å². The molecule has 0 amide bonds. The van der Waals surface area contributed by atoms with Gasteiger partial charge < -0.3 is 4.89 Å². The molecule has 2 aromatic rings. The van der Waals surface area contributed by atoms with Crippen molar-refractivity contribution < 1.29 is 44.7 Å². The van der Waals surface area contributed by atoms with Gasteiger partial charge in [0.25, 0.3) is 0 Å². The zero-order valence-electron chi connectivity index (χ0n) is 13.2. The Hall–Kier alpha value is -1.90. The fourth-order valence-corrected chi connectivity index (χ4v) is 3.35. The molecule has 2 aromatic carbocycles. The average molecular weight is 416 g/mol. The van der Waals surface area contributed by atoms with E-state index in [9.17, 15) is 40.2 Å². The summed E-state index contributed by atoms with van der Waals surface area (Å²) in [5, 5.41) is -0.544. The minimum atomic E-state index is -6.61. The van der Waals surface area contributed by atoms with Crippen LogP contribution in [0.25, 0.3) is 0 Å². The standard InChI is InChI=1S/C16H12F7O3P/c17-14(18,15(19,20)16(21,22)23)13(11-7-3-1-4-8-11)26-27(24,25)12-9-5-2-6-10-12/h1-10,13H,(H,24,25)/t13-/m0/s1. The molecule has 11 heteroatoms. The molecule has 0 fully saturated rings. The van der Waals surface area contributed by atoms with E-state index in [4.69, 9.17) is 0 Å². The monoisotopic (exact) mass is 416 g/mol. The van der Waals surface area contributed by atoms with Crippen LogP contribution in [0.2, 0.25) is 0 Å². The number of hydrogen-bond acceptors (Lipinski definition) is 2. The van der Waals surface area contributed by atoms with Crippen molar-refractivity contribution in [1.29, 1.82) is 0 Å². The van der Waals surface area contributed by atoms with Gasteiger partial charge in [-0.2, -0.15) is 30.7 Å². The van der Waals surface area contributed by atoms with Gasteiger partial charge in [-0.1, -0.05) is 48.5 Å². The summed E-state index contributed by atoms with van der Waals surface area (Å²) in [6.45, 7) is 0. The van der Waals surface area contributed by atoms with Crippen LogP contribution in [-0.4, -0.2) is 22.9 Å². The van der Waals surface area contributed by atoms with E-state index in [0.717, 1.165) is 36.4 Å². The van der Waals surface area contributed by atoms with Crippen molar-refractivity contribution in [2.45, 2.75) is 24.1 Å². The fraction of sp³-hybridized carbons (Fsp3) is 0.250. The molecule has 2 rings (SSSR count). The molecule has 0 aromatic heterocycles. The zero-order chi connectivity index (χ0) is 20.5. The molecule has 0 spiro atoms. The second-order valence-corrected chi connectivity index (χ2v) is 7.22. The lowest BCUT2D eigenvalue weighted by atomic mass is 9.98. The molecule has 2 atom stereocenters. The van der Waals surface area contributed by atoms with Crippen molar-refractivity contribution in [2.24, 2.45) is 0 Å². The molecule has 1 N–H and O–H groups in total. The summed E-state index contributed by atoms with van der Waals surface area (Å²) in [7, 11) is -5.17. The lowest BCUT2D eigenvalue weighted by Gasteiger charge is -2.34. The van der Waals surface area contributed by atoms with E-state index in [1.807, 2.05) is 0 Å². The van der Waals surface area contributed by atoms with Gasteiger partial charge in [0.2, 0.25) is 0 Å². The van der Waals surface area contributed by atoms with Gasteiger partial charge in [0.15, 0.2) is 6.10 Å². The first-order valence-corrected chi connectivity index (χ1v) is 8.82. The minimum absolute atomic E-state index is 0.544. The first-order chi connectivity index (χ1) is 12.3. The van der Waals surface area contributed by atoms with Crippen LogP contribution in [-0.2, 0) is 9.09 Å². The van der Waals surface area contributed by atoms with Crippen molar-refractivity contribution in [3.8, 4) is 0 Å². The molecular formula is C16H12F7O3P. The highest BCUT2D eigenvalue weighted by atomic mass is 31.2. The van der Waals surface area contributed by atoms with E-state index in [0.29, 0.717) is 0 Å². The molecule has 148 valence electrons. The van der Waals surface area contributed by atoms with Crippen molar-refractivity contribution in [3.05, 3.63) is 66.2 Å². The van der Waals surface area contributed by atoms with Crippen LogP contribution in [0.4, 0.5) is 30.7 Å². The lowest BCUT2D eigenvalue weighted by Crippen LogP contribution is -2.55. The SMILES string of the molecule is O=P(O)(O[C@@H](c1ccccc1)C(F)(F)C(F)(F)C(F)(F)F)c1ccccc1. The van der Waals surface area contributed by atoms with Crippen LogP contribution in [0.5, 0.6) is 0 Å². The first kappa shape index (κ1) is 21.4. The van der Waals surface area contributed by atoms with E-state index < -0.39 is 42.6 Å². The zero-order valence-corrected chi connectivity index (χ0v) is 14.1. The molecule has 1 unspecified atom stereocenters. The maximum Gasteiger partial charge on any atom is 0.459 e. The Morgan fingerprint density at radius 1 is 0.815 bits per heavy atom. The third-order valence-corrected chi connectivity index (χ3v) is 4.98. The molecule has 0 aliphatic heterocycles. The summed E-state index contributed by atoms with van der Waals surface area (Å²) in [4.78, 5) is 9.92. The van der Waals surface area contributed by atoms with Gasteiger partial charge >= 0.3 is 25.6 Å². The molecular weight excluding hydrogens is 404 g/mol. The quantitative estimate of drug-likeness (QED) is 0.527. The van der Waals surface area contributed by atoms with E-state index in [1.54, 1.807) is 0 Å². The predicted octanol–water partition coefficient (Wildman–Crippen LogP) is 5.09. The molecule has 0 saturated carbocycles. The van der Waals surface area contributed by atoms with Crippen LogP contribution < -0.4 is 5.30 Å². The van der Waals surface area contributed by atoms with Gasteiger partial charge in [-0.15, -0.1) is 0 Å². The van der Waals surface area contributed by atoms with Crippen LogP contribution in [0.15, 0.2) is 60.7 Å². The minimum Gasteiger partial charge on any atom is -0.321 e. The van der Waals surface area contributed by atoms with Gasteiger partial charge in [-0.05, 0) is 17.7 Å². The van der Waals surface area contributed by atoms with Crippen LogP contribution in [0.1, 0.15) is 11.7 Å². The van der Waals surface area contributed by atoms with Gasteiger partial charge in [-0.3, -0.25) is 9.09 Å². The summed E-state index contributed by atoms with van der Waals surface area (Å²) in [6, 6.07) is 10.9. The molecule has 0 saturated heterocycles. The third kappa shape index (κ3) is 4.17. The van der Waals surface area contributed by atoms with Crippen molar-refractivity contribution >= 4 is 12.9 Å². The molecule has 0 heterocycles. The highest BCUT2D eigenvalue weighted by Gasteiger charge is 2.76. The summed E-state index contributed by atoms with van der Waals surface area (Å²) in [5.41, 5.74) is -0.823. The maximum absolute atomic E-state index is 14.3. The van der Waals surface area contributed by atoms with Gasteiger partial charge in [0.1, 0.15) is 0 Å². The molecule has 27 heavy (non-hydrogen) atoms. The molecule has 0 bridgehead atoms. The normalized spacial score (nSPS) is 16.6. The Balaban J connectivity index is 2.55. The second-order valence-electron chi connectivity index (χ2n) is 5.45. The van der Waals surface area contributed by atoms with Crippen LogP contribution in [0, 0.1) is 0 Å². The van der Waals surface area contributed by atoms with E-state index >= 15 is 0 Å². The van der Waals surface area contributed by atoms with Crippen LogP contribution >= 0.6 is 7.60 Å². The van der Waals surface area contributed by atoms with Crippen molar-refractivity contribution in [2.75, 3.05) is 0 Å². The highest BCUT2D eigenvalue weighted by molar-refractivity contribution is 7.61. The molecule has 0 aliphatic rings. The number of halogens is 7. The average Bonchev–Trinajstić information content (AvgIpc) is 2.60. The fourth-order valence-electron chi connectivity index (χ4n) is 2.14. The first-order valence-electron chi connectivity index (χ1n) is 7.25. The van der Waals surface area contributed by atoms with E-state index in [1.165, 1.54) is 24.3 Å². The Labute approximate surface area is 148 Å². The third-order valence-electron chi connectivity index (χ3n) is 3.54. The summed E-state index contributed by atoms with van der Waals surface area (Å²) < 4.78 is 110. The molecule has 0 aliphatic carbocycles. The molecule has 0 radical (unpaired) electrons. The number of rotatable bonds is 6. The summed E-state index contributed by atoms with van der Waals surface area (Å²) in [5.74, 6) is -12.4.